The van der Waals surface area contributed by atoms with Gasteiger partial charge in [0, 0.05) is 28.4 Å². The lowest BCUT2D eigenvalue weighted by atomic mass is 9.89. The van der Waals surface area contributed by atoms with Gasteiger partial charge in [0.2, 0.25) is 0 Å². The molecular formula is C22H23FN4O2. The van der Waals surface area contributed by atoms with Crippen molar-refractivity contribution >= 4 is 34.6 Å². The average molecular weight is 394 g/mol. The van der Waals surface area contributed by atoms with E-state index in [0.29, 0.717) is 22.6 Å². The SMILES string of the molecule is CC(Nc1nc2cc(N)c(C=N)cc2c(-c2ccc(F)cc2)c1C(C)C)C(=O)O. The number of anilines is 2. The third-order valence-electron chi connectivity index (χ3n) is 4.82. The summed E-state index contributed by atoms with van der Waals surface area (Å²) in [6, 6.07) is 8.74. The van der Waals surface area contributed by atoms with Gasteiger partial charge in [-0.15, -0.1) is 0 Å². The normalized spacial score (nSPS) is 12.2. The summed E-state index contributed by atoms with van der Waals surface area (Å²) in [7, 11) is 0. The van der Waals surface area contributed by atoms with Crippen LogP contribution in [0.25, 0.3) is 22.0 Å². The van der Waals surface area contributed by atoms with E-state index >= 15 is 0 Å². The van der Waals surface area contributed by atoms with Crippen molar-refractivity contribution in [3.8, 4) is 11.1 Å². The van der Waals surface area contributed by atoms with E-state index in [2.05, 4.69) is 10.3 Å². The van der Waals surface area contributed by atoms with Gasteiger partial charge in [0.15, 0.2) is 0 Å². The van der Waals surface area contributed by atoms with Crippen LogP contribution in [0.3, 0.4) is 0 Å². The lowest BCUT2D eigenvalue weighted by molar-refractivity contribution is -0.137. The van der Waals surface area contributed by atoms with Crippen LogP contribution in [0.5, 0.6) is 0 Å². The third kappa shape index (κ3) is 3.89. The minimum Gasteiger partial charge on any atom is -0.480 e. The number of nitrogen functional groups attached to an aromatic ring is 1. The molecule has 0 bridgehead atoms. The van der Waals surface area contributed by atoms with Crippen LogP contribution in [-0.4, -0.2) is 28.3 Å². The number of nitrogens with one attached hydrogen (secondary N) is 2. The van der Waals surface area contributed by atoms with E-state index in [1.54, 1.807) is 31.2 Å². The number of nitrogens with zero attached hydrogens (tertiary/aromatic N) is 1. The Balaban J connectivity index is 2.43. The van der Waals surface area contributed by atoms with Crippen LogP contribution in [0, 0.1) is 11.2 Å². The predicted octanol–water partition coefficient (Wildman–Crippen LogP) is 4.63. The molecule has 0 aliphatic heterocycles. The van der Waals surface area contributed by atoms with Crippen LogP contribution in [-0.2, 0) is 4.79 Å². The van der Waals surface area contributed by atoms with Crippen molar-refractivity contribution in [2.24, 2.45) is 0 Å². The molecule has 1 aromatic heterocycles. The number of hydrogen-bond donors (Lipinski definition) is 4. The summed E-state index contributed by atoms with van der Waals surface area (Å²) in [5.41, 5.74) is 9.97. The zero-order valence-corrected chi connectivity index (χ0v) is 16.5. The zero-order chi connectivity index (χ0) is 21.3. The number of pyridine rings is 1. The molecule has 3 rings (SSSR count). The van der Waals surface area contributed by atoms with Crippen LogP contribution >= 0.6 is 0 Å². The van der Waals surface area contributed by atoms with E-state index < -0.39 is 12.0 Å². The first-order valence-corrected chi connectivity index (χ1v) is 9.25. The van der Waals surface area contributed by atoms with E-state index in [1.807, 2.05) is 13.8 Å². The first kappa shape index (κ1) is 20.3. The van der Waals surface area contributed by atoms with Crippen molar-refractivity contribution in [1.82, 2.24) is 4.98 Å². The minimum atomic E-state index is -0.997. The number of rotatable bonds is 6. The van der Waals surface area contributed by atoms with Crippen LogP contribution < -0.4 is 11.1 Å². The largest absolute Gasteiger partial charge is 0.480 e. The Morgan fingerprint density at radius 1 is 1.24 bits per heavy atom. The number of halogens is 1. The number of aromatic nitrogens is 1. The molecule has 0 spiro atoms. The highest BCUT2D eigenvalue weighted by Crippen LogP contribution is 2.40. The summed E-state index contributed by atoms with van der Waals surface area (Å²) < 4.78 is 13.6. The maximum atomic E-state index is 13.6. The number of benzene rings is 2. The van der Waals surface area contributed by atoms with Crippen LogP contribution in [0.2, 0.25) is 0 Å². The number of carbonyl (C=O) groups is 1. The van der Waals surface area contributed by atoms with Gasteiger partial charge in [0.1, 0.15) is 17.7 Å². The molecule has 0 fully saturated rings. The van der Waals surface area contributed by atoms with E-state index in [0.717, 1.165) is 22.1 Å². The van der Waals surface area contributed by atoms with Gasteiger partial charge in [-0.1, -0.05) is 26.0 Å². The number of fused-ring (bicyclic) bond motifs is 1. The molecule has 0 aliphatic rings. The second kappa shape index (κ2) is 7.87. The highest BCUT2D eigenvalue weighted by molar-refractivity contribution is 6.04. The fourth-order valence-corrected chi connectivity index (χ4v) is 3.35. The summed E-state index contributed by atoms with van der Waals surface area (Å²) in [4.78, 5) is 16.1. The number of carboxylic acid groups (broad SMARTS) is 1. The van der Waals surface area contributed by atoms with Crippen LogP contribution in [0.15, 0.2) is 36.4 Å². The third-order valence-corrected chi connectivity index (χ3v) is 4.82. The molecule has 0 saturated carbocycles. The molecular weight excluding hydrogens is 371 g/mol. The van der Waals surface area contributed by atoms with Gasteiger partial charge < -0.3 is 21.6 Å². The second-order valence-corrected chi connectivity index (χ2v) is 7.26. The molecule has 6 nitrogen and oxygen atoms in total. The van der Waals surface area contributed by atoms with Crippen molar-refractivity contribution < 1.29 is 14.3 Å². The Labute approximate surface area is 168 Å². The molecule has 0 aliphatic carbocycles. The van der Waals surface area contributed by atoms with E-state index in [4.69, 9.17) is 11.1 Å². The number of nitrogens with two attached hydrogens (primary N) is 1. The standard InChI is InChI=1S/C22H23FN4O2/c1-11(2)19-20(13-4-6-15(23)7-5-13)16-8-14(10-24)17(25)9-18(16)27-21(19)26-12(3)22(28)29/h4-12,24H,25H2,1-3H3,(H,26,27)(H,28,29). The Bertz CT molecular complexity index is 1090. The molecule has 1 heterocycles. The monoisotopic (exact) mass is 394 g/mol. The topological polar surface area (TPSA) is 112 Å². The molecule has 5 N–H and O–H groups in total. The van der Waals surface area contributed by atoms with Gasteiger partial charge in [-0.3, -0.25) is 4.79 Å². The molecule has 0 radical (unpaired) electrons. The summed E-state index contributed by atoms with van der Waals surface area (Å²) in [5, 5.41) is 20.7. The van der Waals surface area contributed by atoms with Crippen molar-refractivity contribution in [3.05, 3.63) is 53.3 Å². The molecule has 0 saturated heterocycles. The smallest absolute Gasteiger partial charge is 0.325 e. The molecule has 150 valence electrons. The van der Waals surface area contributed by atoms with Gasteiger partial charge in [-0.05, 0) is 48.2 Å². The first-order valence-electron chi connectivity index (χ1n) is 9.25. The quantitative estimate of drug-likeness (QED) is 0.360. The Morgan fingerprint density at radius 2 is 1.90 bits per heavy atom. The first-order chi connectivity index (χ1) is 13.7. The van der Waals surface area contributed by atoms with Gasteiger partial charge in [-0.25, -0.2) is 9.37 Å². The second-order valence-electron chi connectivity index (χ2n) is 7.26. The number of aliphatic carboxylic acids is 1. The summed E-state index contributed by atoms with van der Waals surface area (Å²) in [6.45, 7) is 5.52. The molecule has 3 aromatic rings. The summed E-state index contributed by atoms with van der Waals surface area (Å²) >= 11 is 0. The zero-order valence-electron chi connectivity index (χ0n) is 16.5. The van der Waals surface area contributed by atoms with Crippen molar-refractivity contribution in [3.63, 3.8) is 0 Å². The van der Waals surface area contributed by atoms with Crippen molar-refractivity contribution in [2.45, 2.75) is 32.7 Å². The number of hydrogen-bond acceptors (Lipinski definition) is 5. The molecule has 1 unspecified atom stereocenters. The Morgan fingerprint density at radius 3 is 2.45 bits per heavy atom. The van der Waals surface area contributed by atoms with Gasteiger partial charge in [0.25, 0.3) is 0 Å². The van der Waals surface area contributed by atoms with Gasteiger partial charge in [-0.2, -0.15) is 0 Å². The highest BCUT2D eigenvalue weighted by atomic mass is 19.1. The fourth-order valence-electron chi connectivity index (χ4n) is 3.35. The summed E-state index contributed by atoms with van der Waals surface area (Å²) in [6.07, 6.45) is 1.18. The molecule has 2 aromatic carbocycles. The van der Waals surface area contributed by atoms with E-state index in [1.165, 1.54) is 18.3 Å². The lowest BCUT2D eigenvalue weighted by Crippen LogP contribution is -2.27. The van der Waals surface area contributed by atoms with E-state index in [9.17, 15) is 14.3 Å². The van der Waals surface area contributed by atoms with Crippen LogP contribution in [0.4, 0.5) is 15.9 Å². The Kier molecular flexibility index (Phi) is 5.50. The Hall–Kier alpha value is -3.48. The van der Waals surface area contributed by atoms with Crippen molar-refractivity contribution in [1.29, 1.82) is 5.41 Å². The van der Waals surface area contributed by atoms with E-state index in [-0.39, 0.29) is 11.7 Å². The van der Waals surface area contributed by atoms with Crippen molar-refractivity contribution in [2.75, 3.05) is 11.1 Å². The minimum absolute atomic E-state index is 0.00330. The maximum Gasteiger partial charge on any atom is 0.325 e. The lowest BCUT2D eigenvalue weighted by Gasteiger charge is -2.22. The maximum absolute atomic E-state index is 13.6. The van der Waals surface area contributed by atoms with Gasteiger partial charge >= 0.3 is 5.97 Å². The molecule has 7 heteroatoms. The predicted molar refractivity (Wildman–Crippen MR) is 114 cm³/mol. The summed E-state index contributed by atoms with van der Waals surface area (Å²) in [5.74, 6) is -0.899. The average Bonchev–Trinajstić information content (AvgIpc) is 2.66. The van der Waals surface area contributed by atoms with Crippen LogP contribution in [0.1, 0.15) is 37.8 Å². The fraction of sp³-hybridized carbons (Fsp3) is 0.227. The molecule has 29 heavy (non-hydrogen) atoms. The molecule has 0 amide bonds. The number of carboxylic acids is 1. The molecule has 1 atom stereocenters. The highest BCUT2D eigenvalue weighted by Gasteiger charge is 2.22. The van der Waals surface area contributed by atoms with Gasteiger partial charge in [0.05, 0.1) is 5.52 Å².